The standard InChI is InChI=1S/C15H12FN3O3/c1-9(11-3-5-15(20)12(16)7-11)17-21-8-10-2-4-13-14(6-10)19-22-18-13/h2-7,17,20H,1,8H2. The molecule has 2 aromatic carbocycles. The van der Waals surface area contributed by atoms with Crippen molar-refractivity contribution in [3.05, 3.63) is 59.9 Å². The van der Waals surface area contributed by atoms with E-state index >= 15 is 0 Å². The molecular weight excluding hydrogens is 289 g/mol. The van der Waals surface area contributed by atoms with Crippen LogP contribution >= 0.6 is 0 Å². The van der Waals surface area contributed by atoms with Crippen LogP contribution < -0.4 is 5.48 Å². The number of phenolic OH excluding ortho intramolecular Hbond substituents is 1. The van der Waals surface area contributed by atoms with Gasteiger partial charge < -0.3 is 5.11 Å². The van der Waals surface area contributed by atoms with E-state index in [1.165, 1.54) is 18.2 Å². The number of hydroxylamine groups is 1. The van der Waals surface area contributed by atoms with Gasteiger partial charge >= 0.3 is 0 Å². The summed E-state index contributed by atoms with van der Waals surface area (Å²) >= 11 is 0. The number of halogens is 1. The fraction of sp³-hybridized carbons (Fsp3) is 0.0667. The van der Waals surface area contributed by atoms with Gasteiger partial charge in [0.05, 0.1) is 12.3 Å². The lowest BCUT2D eigenvalue weighted by molar-refractivity contribution is 0.0648. The second kappa shape index (κ2) is 5.82. The molecule has 0 aliphatic carbocycles. The van der Waals surface area contributed by atoms with Crippen molar-refractivity contribution in [1.82, 2.24) is 15.8 Å². The first kappa shape index (κ1) is 14.0. The van der Waals surface area contributed by atoms with E-state index in [1.807, 2.05) is 6.07 Å². The van der Waals surface area contributed by atoms with Crippen LogP contribution in [-0.4, -0.2) is 15.4 Å². The molecule has 0 radical (unpaired) electrons. The third-order valence-electron chi connectivity index (χ3n) is 3.05. The van der Waals surface area contributed by atoms with E-state index < -0.39 is 11.6 Å². The third kappa shape index (κ3) is 2.89. The number of benzene rings is 2. The number of rotatable bonds is 5. The molecular formula is C15H12FN3O3. The predicted molar refractivity (Wildman–Crippen MR) is 76.8 cm³/mol. The minimum Gasteiger partial charge on any atom is -0.505 e. The number of hydrogen-bond donors (Lipinski definition) is 2. The summed E-state index contributed by atoms with van der Waals surface area (Å²) in [5.41, 5.74) is 5.66. The van der Waals surface area contributed by atoms with Gasteiger partial charge in [-0.3, -0.25) is 10.3 Å². The van der Waals surface area contributed by atoms with E-state index in [-0.39, 0.29) is 6.61 Å². The first-order valence-corrected chi connectivity index (χ1v) is 6.40. The number of nitrogens with zero attached hydrogens (tertiary/aromatic N) is 2. The number of nitrogens with one attached hydrogen (secondary N) is 1. The summed E-state index contributed by atoms with van der Waals surface area (Å²) in [6, 6.07) is 9.34. The fourth-order valence-electron chi connectivity index (χ4n) is 1.88. The van der Waals surface area contributed by atoms with Crippen LogP contribution in [0.1, 0.15) is 11.1 Å². The number of phenols is 1. The summed E-state index contributed by atoms with van der Waals surface area (Å²) in [5.74, 6) is -1.13. The summed E-state index contributed by atoms with van der Waals surface area (Å²) < 4.78 is 17.9. The second-order valence-corrected chi connectivity index (χ2v) is 4.62. The molecule has 2 N–H and O–H groups in total. The highest BCUT2D eigenvalue weighted by molar-refractivity contribution is 5.73. The molecule has 0 unspecified atom stereocenters. The molecule has 6 nitrogen and oxygen atoms in total. The average Bonchev–Trinajstić information content (AvgIpc) is 2.97. The van der Waals surface area contributed by atoms with Gasteiger partial charge in [-0.25, -0.2) is 9.02 Å². The fourth-order valence-corrected chi connectivity index (χ4v) is 1.88. The first-order valence-electron chi connectivity index (χ1n) is 6.40. The molecule has 0 saturated carbocycles. The summed E-state index contributed by atoms with van der Waals surface area (Å²) in [5, 5.41) is 16.6. The maximum atomic E-state index is 13.3. The zero-order valence-corrected chi connectivity index (χ0v) is 11.4. The molecule has 0 aliphatic heterocycles. The third-order valence-corrected chi connectivity index (χ3v) is 3.05. The molecule has 0 amide bonds. The Morgan fingerprint density at radius 2 is 2.05 bits per heavy atom. The van der Waals surface area contributed by atoms with Gasteiger partial charge in [-0.1, -0.05) is 12.6 Å². The summed E-state index contributed by atoms with van der Waals surface area (Å²) in [7, 11) is 0. The lowest BCUT2D eigenvalue weighted by atomic mass is 10.1. The van der Waals surface area contributed by atoms with Crippen molar-refractivity contribution in [2.75, 3.05) is 0 Å². The quantitative estimate of drug-likeness (QED) is 0.705. The Morgan fingerprint density at radius 3 is 2.86 bits per heavy atom. The van der Waals surface area contributed by atoms with Crippen LogP contribution in [0, 0.1) is 5.82 Å². The van der Waals surface area contributed by atoms with Crippen LogP contribution in [0.3, 0.4) is 0 Å². The van der Waals surface area contributed by atoms with Crippen LogP contribution in [0.2, 0.25) is 0 Å². The molecule has 1 aromatic heterocycles. The lowest BCUT2D eigenvalue weighted by Gasteiger charge is -2.10. The Morgan fingerprint density at radius 1 is 1.23 bits per heavy atom. The van der Waals surface area contributed by atoms with E-state index in [2.05, 4.69) is 27.0 Å². The molecule has 0 atom stereocenters. The molecule has 0 saturated heterocycles. The monoisotopic (exact) mass is 301 g/mol. The molecule has 22 heavy (non-hydrogen) atoms. The second-order valence-electron chi connectivity index (χ2n) is 4.62. The molecule has 7 heteroatoms. The normalized spacial score (nSPS) is 10.8. The van der Waals surface area contributed by atoms with Crippen LogP contribution in [0.25, 0.3) is 16.7 Å². The van der Waals surface area contributed by atoms with E-state index in [9.17, 15) is 4.39 Å². The highest BCUT2D eigenvalue weighted by Crippen LogP contribution is 2.19. The van der Waals surface area contributed by atoms with E-state index in [0.717, 1.165) is 5.56 Å². The van der Waals surface area contributed by atoms with Crippen molar-refractivity contribution in [1.29, 1.82) is 0 Å². The molecule has 0 fully saturated rings. The smallest absolute Gasteiger partial charge is 0.165 e. The number of aromatic nitrogens is 2. The molecule has 0 spiro atoms. The summed E-state index contributed by atoms with van der Waals surface area (Å²) in [4.78, 5) is 5.32. The van der Waals surface area contributed by atoms with Crippen molar-refractivity contribution < 1.29 is 19.0 Å². The molecule has 3 rings (SSSR count). The van der Waals surface area contributed by atoms with Gasteiger partial charge in [0.15, 0.2) is 11.6 Å². The van der Waals surface area contributed by atoms with Crippen molar-refractivity contribution in [2.24, 2.45) is 0 Å². The van der Waals surface area contributed by atoms with Gasteiger partial charge in [-0.05, 0) is 46.2 Å². The maximum absolute atomic E-state index is 13.3. The SMILES string of the molecule is C=C(NOCc1ccc2nonc2c1)c1ccc(O)c(F)c1. The predicted octanol–water partition coefficient (Wildman–Crippen LogP) is 2.76. The van der Waals surface area contributed by atoms with Gasteiger partial charge in [0.25, 0.3) is 0 Å². The van der Waals surface area contributed by atoms with Crippen molar-refractivity contribution in [2.45, 2.75) is 6.61 Å². The first-order chi connectivity index (χ1) is 10.6. The average molecular weight is 301 g/mol. The summed E-state index contributed by atoms with van der Waals surface area (Å²) in [6.45, 7) is 4.00. The van der Waals surface area contributed by atoms with Gasteiger partial charge in [0, 0.05) is 5.56 Å². The summed E-state index contributed by atoms with van der Waals surface area (Å²) in [6.07, 6.45) is 0. The van der Waals surface area contributed by atoms with Crippen LogP contribution in [-0.2, 0) is 11.4 Å². The minimum atomic E-state index is -0.718. The number of hydrogen-bond acceptors (Lipinski definition) is 6. The van der Waals surface area contributed by atoms with E-state index in [4.69, 9.17) is 9.94 Å². The topological polar surface area (TPSA) is 80.4 Å². The van der Waals surface area contributed by atoms with Crippen LogP contribution in [0.15, 0.2) is 47.6 Å². The van der Waals surface area contributed by atoms with Crippen molar-refractivity contribution >= 4 is 16.7 Å². The van der Waals surface area contributed by atoms with Gasteiger partial charge in [0.2, 0.25) is 0 Å². The highest BCUT2D eigenvalue weighted by Gasteiger charge is 2.05. The highest BCUT2D eigenvalue weighted by atomic mass is 19.1. The molecule has 1 heterocycles. The Labute approximate surface area is 124 Å². The van der Waals surface area contributed by atoms with E-state index in [1.54, 1.807) is 12.1 Å². The molecule has 0 bridgehead atoms. The van der Waals surface area contributed by atoms with E-state index in [0.29, 0.717) is 22.3 Å². The Bertz CT molecular complexity index is 832. The van der Waals surface area contributed by atoms with Gasteiger partial charge in [-0.15, -0.1) is 0 Å². The Balaban J connectivity index is 1.59. The number of fused-ring (bicyclic) bond motifs is 1. The zero-order valence-electron chi connectivity index (χ0n) is 11.4. The molecule has 3 aromatic rings. The van der Waals surface area contributed by atoms with Crippen molar-refractivity contribution in [3.8, 4) is 5.75 Å². The minimum absolute atomic E-state index is 0.252. The maximum Gasteiger partial charge on any atom is 0.165 e. The molecule has 112 valence electrons. The lowest BCUT2D eigenvalue weighted by Crippen LogP contribution is -2.12. The van der Waals surface area contributed by atoms with Crippen molar-refractivity contribution in [3.63, 3.8) is 0 Å². The van der Waals surface area contributed by atoms with Crippen LogP contribution in [0.5, 0.6) is 5.75 Å². The van der Waals surface area contributed by atoms with Crippen LogP contribution in [0.4, 0.5) is 4.39 Å². The number of aromatic hydroxyl groups is 1. The Kier molecular flexibility index (Phi) is 3.71. The van der Waals surface area contributed by atoms with Gasteiger partial charge in [-0.2, -0.15) is 0 Å². The molecule has 0 aliphatic rings. The zero-order chi connectivity index (χ0) is 15.5. The van der Waals surface area contributed by atoms with Gasteiger partial charge in [0.1, 0.15) is 11.0 Å². The largest absolute Gasteiger partial charge is 0.505 e. The Hall–Kier alpha value is -2.93.